The van der Waals surface area contributed by atoms with Crippen LogP contribution in [-0.2, 0) is 9.53 Å². The second kappa shape index (κ2) is 7.64. The van der Waals surface area contributed by atoms with E-state index in [-0.39, 0.29) is 24.6 Å². The summed E-state index contributed by atoms with van der Waals surface area (Å²) >= 11 is 0. The lowest BCUT2D eigenvalue weighted by Gasteiger charge is -2.20. The topological polar surface area (TPSA) is 87.7 Å². The average Bonchev–Trinajstić information content (AvgIpc) is 3.17. The van der Waals surface area contributed by atoms with Gasteiger partial charge in [0.25, 0.3) is 0 Å². The van der Waals surface area contributed by atoms with Gasteiger partial charge >= 0.3 is 12.0 Å². The molecule has 21 heavy (non-hydrogen) atoms. The molecular formula is C15H26N2O4. The number of rotatable bonds is 8. The summed E-state index contributed by atoms with van der Waals surface area (Å²) < 4.78 is 5.69. The standard InChI is InChI=1S/C15H26N2O4/c1-10(2-5-13(18)19)6-8-16-15(20)17-12-7-9-21-14(12)11-3-4-11/h10-12,14H,2-9H2,1H3,(H,18,19)(H2,16,17,20). The van der Waals surface area contributed by atoms with Crippen LogP contribution in [0.3, 0.4) is 0 Å². The minimum atomic E-state index is -0.764. The molecule has 0 aromatic rings. The van der Waals surface area contributed by atoms with Crippen molar-refractivity contribution in [3.8, 4) is 0 Å². The predicted molar refractivity (Wildman–Crippen MR) is 78.1 cm³/mol. The van der Waals surface area contributed by atoms with Crippen LogP contribution in [0.2, 0.25) is 0 Å². The van der Waals surface area contributed by atoms with Gasteiger partial charge in [0.15, 0.2) is 0 Å². The van der Waals surface area contributed by atoms with Crippen molar-refractivity contribution in [1.82, 2.24) is 10.6 Å². The van der Waals surface area contributed by atoms with Crippen molar-refractivity contribution in [1.29, 1.82) is 0 Å². The molecule has 2 fully saturated rings. The highest BCUT2D eigenvalue weighted by molar-refractivity contribution is 5.74. The first-order valence-corrected chi connectivity index (χ1v) is 7.94. The van der Waals surface area contributed by atoms with Crippen molar-refractivity contribution < 1.29 is 19.4 Å². The number of carboxylic acids is 1. The number of aliphatic carboxylic acids is 1. The van der Waals surface area contributed by atoms with Gasteiger partial charge in [-0.15, -0.1) is 0 Å². The van der Waals surface area contributed by atoms with E-state index in [0.717, 1.165) is 19.4 Å². The number of carbonyl (C=O) groups excluding carboxylic acids is 1. The van der Waals surface area contributed by atoms with Crippen LogP contribution in [-0.4, -0.2) is 42.4 Å². The van der Waals surface area contributed by atoms with Crippen molar-refractivity contribution in [3.63, 3.8) is 0 Å². The van der Waals surface area contributed by atoms with Gasteiger partial charge in [-0.25, -0.2) is 4.79 Å². The van der Waals surface area contributed by atoms with E-state index >= 15 is 0 Å². The molecule has 120 valence electrons. The molecule has 2 aliphatic rings. The summed E-state index contributed by atoms with van der Waals surface area (Å²) in [4.78, 5) is 22.3. The Morgan fingerprint density at radius 2 is 2.05 bits per heavy atom. The van der Waals surface area contributed by atoms with Crippen LogP contribution in [0.1, 0.15) is 45.4 Å². The van der Waals surface area contributed by atoms with Gasteiger partial charge in [-0.3, -0.25) is 4.79 Å². The summed E-state index contributed by atoms with van der Waals surface area (Å²) in [5, 5.41) is 14.5. The Labute approximate surface area is 125 Å². The van der Waals surface area contributed by atoms with Gasteiger partial charge in [-0.1, -0.05) is 6.92 Å². The molecule has 2 rings (SSSR count). The van der Waals surface area contributed by atoms with Crippen LogP contribution < -0.4 is 10.6 Å². The Morgan fingerprint density at radius 3 is 2.71 bits per heavy atom. The maximum Gasteiger partial charge on any atom is 0.315 e. The van der Waals surface area contributed by atoms with Crippen LogP contribution in [0.5, 0.6) is 0 Å². The fraction of sp³-hybridized carbons (Fsp3) is 0.867. The van der Waals surface area contributed by atoms with Crippen LogP contribution in [0, 0.1) is 11.8 Å². The summed E-state index contributed by atoms with van der Waals surface area (Å²) in [7, 11) is 0. The zero-order valence-corrected chi connectivity index (χ0v) is 12.6. The van der Waals surface area contributed by atoms with E-state index in [0.29, 0.717) is 24.8 Å². The van der Waals surface area contributed by atoms with Crippen molar-refractivity contribution in [2.24, 2.45) is 11.8 Å². The molecule has 0 spiro atoms. The second-order valence-electron chi connectivity index (χ2n) is 6.29. The first-order valence-electron chi connectivity index (χ1n) is 7.94. The van der Waals surface area contributed by atoms with Crippen molar-refractivity contribution >= 4 is 12.0 Å². The Balaban J connectivity index is 1.58. The molecule has 6 heteroatoms. The number of carbonyl (C=O) groups is 2. The molecule has 1 saturated heterocycles. The maximum atomic E-state index is 11.9. The predicted octanol–water partition coefficient (Wildman–Crippen LogP) is 1.74. The first-order chi connectivity index (χ1) is 10.1. The van der Waals surface area contributed by atoms with Crippen LogP contribution in [0.4, 0.5) is 4.79 Å². The van der Waals surface area contributed by atoms with E-state index in [9.17, 15) is 9.59 Å². The molecule has 1 saturated carbocycles. The van der Waals surface area contributed by atoms with Crippen LogP contribution >= 0.6 is 0 Å². The summed E-state index contributed by atoms with van der Waals surface area (Å²) in [6.45, 7) is 3.32. The number of ether oxygens (including phenoxy) is 1. The van der Waals surface area contributed by atoms with Gasteiger partial charge in [-0.05, 0) is 43.9 Å². The highest BCUT2D eigenvalue weighted by Crippen LogP contribution is 2.38. The molecule has 0 bridgehead atoms. The average molecular weight is 298 g/mol. The number of carboxylic acid groups (broad SMARTS) is 1. The lowest BCUT2D eigenvalue weighted by molar-refractivity contribution is -0.137. The molecule has 6 nitrogen and oxygen atoms in total. The Bertz CT molecular complexity index is 371. The van der Waals surface area contributed by atoms with E-state index in [1.54, 1.807) is 0 Å². The van der Waals surface area contributed by atoms with E-state index in [1.807, 2.05) is 6.92 Å². The minimum Gasteiger partial charge on any atom is -0.481 e. The van der Waals surface area contributed by atoms with Gasteiger partial charge in [-0.2, -0.15) is 0 Å². The molecule has 3 N–H and O–H groups in total. The van der Waals surface area contributed by atoms with Crippen LogP contribution in [0.15, 0.2) is 0 Å². The van der Waals surface area contributed by atoms with Crippen molar-refractivity contribution in [2.75, 3.05) is 13.2 Å². The van der Waals surface area contributed by atoms with Gasteiger partial charge in [0.2, 0.25) is 0 Å². The highest BCUT2D eigenvalue weighted by atomic mass is 16.5. The highest BCUT2D eigenvalue weighted by Gasteiger charge is 2.41. The number of urea groups is 1. The second-order valence-corrected chi connectivity index (χ2v) is 6.29. The summed E-state index contributed by atoms with van der Waals surface area (Å²) in [5.41, 5.74) is 0. The largest absolute Gasteiger partial charge is 0.481 e. The Hall–Kier alpha value is -1.30. The Morgan fingerprint density at radius 1 is 1.29 bits per heavy atom. The summed E-state index contributed by atoms with van der Waals surface area (Å²) in [5.74, 6) is 0.171. The first kappa shape index (κ1) is 16.1. The van der Waals surface area contributed by atoms with Gasteiger partial charge in [0.1, 0.15) is 0 Å². The molecule has 0 aromatic carbocycles. The zero-order valence-electron chi connectivity index (χ0n) is 12.6. The van der Waals surface area contributed by atoms with Crippen LogP contribution in [0.25, 0.3) is 0 Å². The quantitative estimate of drug-likeness (QED) is 0.637. The molecule has 0 aromatic heterocycles. The number of nitrogens with one attached hydrogen (secondary N) is 2. The lowest BCUT2D eigenvalue weighted by Crippen LogP contribution is -2.46. The molecular weight excluding hydrogens is 272 g/mol. The van der Waals surface area contributed by atoms with Gasteiger partial charge < -0.3 is 20.5 Å². The van der Waals surface area contributed by atoms with E-state index in [4.69, 9.17) is 9.84 Å². The fourth-order valence-corrected chi connectivity index (χ4v) is 2.82. The van der Waals surface area contributed by atoms with Gasteiger partial charge in [0, 0.05) is 19.6 Å². The number of hydrogen-bond acceptors (Lipinski definition) is 3. The molecule has 1 heterocycles. The lowest BCUT2D eigenvalue weighted by atomic mass is 10.0. The van der Waals surface area contributed by atoms with Crippen molar-refractivity contribution in [2.45, 2.75) is 57.6 Å². The van der Waals surface area contributed by atoms with E-state index < -0.39 is 5.97 Å². The van der Waals surface area contributed by atoms with E-state index in [2.05, 4.69) is 10.6 Å². The molecule has 3 unspecified atom stereocenters. The monoisotopic (exact) mass is 298 g/mol. The third-order valence-corrected chi connectivity index (χ3v) is 4.31. The molecule has 2 amide bonds. The maximum absolute atomic E-state index is 11.9. The normalized spacial score (nSPS) is 26.3. The van der Waals surface area contributed by atoms with E-state index in [1.165, 1.54) is 12.8 Å². The molecule has 0 radical (unpaired) electrons. The van der Waals surface area contributed by atoms with Gasteiger partial charge in [0.05, 0.1) is 12.1 Å². The summed E-state index contributed by atoms with van der Waals surface area (Å²) in [6, 6.07) is 0.00326. The minimum absolute atomic E-state index is 0.137. The van der Waals surface area contributed by atoms with Crippen molar-refractivity contribution in [3.05, 3.63) is 0 Å². The number of hydrogen-bond donors (Lipinski definition) is 3. The molecule has 1 aliphatic heterocycles. The number of amides is 2. The fourth-order valence-electron chi connectivity index (χ4n) is 2.82. The third-order valence-electron chi connectivity index (χ3n) is 4.31. The Kier molecular flexibility index (Phi) is 5.85. The SMILES string of the molecule is CC(CCNC(=O)NC1CCOC1C1CC1)CCC(=O)O. The molecule has 1 aliphatic carbocycles. The third kappa shape index (κ3) is 5.53. The molecule has 3 atom stereocenters. The summed E-state index contributed by atoms with van der Waals surface area (Å²) in [6.07, 6.45) is 5.16. The smallest absolute Gasteiger partial charge is 0.315 e. The zero-order chi connectivity index (χ0) is 15.2.